The van der Waals surface area contributed by atoms with Gasteiger partial charge >= 0.3 is 0 Å². The molecule has 0 radical (unpaired) electrons. The van der Waals surface area contributed by atoms with Crippen LogP contribution in [0.2, 0.25) is 5.02 Å². The van der Waals surface area contributed by atoms with Crippen molar-refractivity contribution in [3.8, 4) is 0 Å². The summed E-state index contributed by atoms with van der Waals surface area (Å²) in [5.74, 6) is 0. The molecule has 0 bridgehead atoms. The minimum Gasteiger partial charge on any atom is -0.305 e. The quantitative estimate of drug-likeness (QED) is 0.914. The van der Waals surface area contributed by atoms with Crippen molar-refractivity contribution in [3.05, 3.63) is 46.2 Å². The van der Waals surface area contributed by atoms with Crippen LogP contribution in [0.25, 0.3) is 0 Å². The number of nitrogens with zero attached hydrogens (tertiary/aromatic N) is 3. The topological polar surface area (TPSA) is 42.7 Å². The van der Waals surface area contributed by atoms with Gasteiger partial charge in [0.05, 0.1) is 17.9 Å². The molecule has 1 heterocycles. The lowest BCUT2D eigenvalue weighted by Gasteiger charge is -2.21. The molecule has 1 aromatic heterocycles. The minimum atomic E-state index is 0.0682. The molecule has 1 N–H and O–H groups in total. The van der Waals surface area contributed by atoms with Crippen molar-refractivity contribution >= 4 is 11.6 Å². The minimum absolute atomic E-state index is 0.0682. The number of benzene rings is 1. The van der Waals surface area contributed by atoms with Gasteiger partial charge < -0.3 is 5.32 Å². The zero-order chi connectivity index (χ0) is 13.8. The Labute approximate surface area is 118 Å². The first-order valence-electron chi connectivity index (χ1n) is 6.48. The third-order valence-electron chi connectivity index (χ3n) is 3.26. The Morgan fingerprint density at radius 2 is 2.21 bits per heavy atom. The molecule has 0 amide bonds. The molecule has 0 fully saturated rings. The average Bonchev–Trinajstić information content (AvgIpc) is 2.81. The van der Waals surface area contributed by atoms with E-state index in [0.717, 1.165) is 29.2 Å². The van der Waals surface area contributed by atoms with E-state index >= 15 is 0 Å². The van der Waals surface area contributed by atoms with E-state index in [-0.39, 0.29) is 6.04 Å². The largest absolute Gasteiger partial charge is 0.305 e. The molecule has 0 saturated carbocycles. The lowest BCUT2D eigenvalue weighted by molar-refractivity contribution is 0.549. The maximum absolute atomic E-state index is 6.23. The molecule has 5 heteroatoms. The molecule has 0 aliphatic rings. The van der Waals surface area contributed by atoms with Gasteiger partial charge in [-0.1, -0.05) is 35.9 Å². The van der Waals surface area contributed by atoms with Crippen LogP contribution in [0.1, 0.15) is 36.2 Å². The summed E-state index contributed by atoms with van der Waals surface area (Å²) in [4.78, 5) is 0. The van der Waals surface area contributed by atoms with Crippen LogP contribution in [-0.2, 0) is 7.05 Å². The Bertz CT molecular complexity index is 550. The first kappa shape index (κ1) is 14.0. The van der Waals surface area contributed by atoms with E-state index in [4.69, 9.17) is 11.6 Å². The zero-order valence-corrected chi connectivity index (χ0v) is 12.3. The maximum atomic E-state index is 6.23. The van der Waals surface area contributed by atoms with E-state index in [1.807, 2.05) is 26.1 Å². The molecule has 1 atom stereocenters. The van der Waals surface area contributed by atoms with Crippen molar-refractivity contribution in [1.29, 1.82) is 0 Å². The fourth-order valence-corrected chi connectivity index (χ4v) is 2.34. The van der Waals surface area contributed by atoms with Crippen LogP contribution in [-0.4, -0.2) is 21.5 Å². The van der Waals surface area contributed by atoms with Crippen molar-refractivity contribution in [2.24, 2.45) is 7.05 Å². The highest BCUT2D eigenvalue weighted by molar-refractivity contribution is 6.31. The molecule has 2 aromatic rings. The lowest BCUT2D eigenvalue weighted by Crippen LogP contribution is -2.26. The Morgan fingerprint density at radius 3 is 2.84 bits per heavy atom. The molecular weight excluding hydrogens is 260 g/mol. The molecular formula is C14H19ClN4. The van der Waals surface area contributed by atoms with E-state index in [1.165, 1.54) is 5.56 Å². The third kappa shape index (κ3) is 2.96. The highest BCUT2D eigenvalue weighted by Crippen LogP contribution is 2.28. The molecule has 0 saturated heterocycles. The number of hydrogen-bond donors (Lipinski definition) is 1. The van der Waals surface area contributed by atoms with Crippen molar-refractivity contribution in [3.63, 3.8) is 0 Å². The molecule has 1 unspecified atom stereocenters. The molecule has 4 nitrogen and oxygen atoms in total. The molecule has 0 spiro atoms. The predicted octanol–water partition coefficient (Wildman–Crippen LogP) is 2.87. The summed E-state index contributed by atoms with van der Waals surface area (Å²) < 4.78 is 1.80. The standard InChI is InChI=1S/C14H19ClN4/c1-4-8-16-14(13-9-17-18-19(13)3)11-6-5-7-12(15)10(11)2/h5-7,9,14,16H,4,8H2,1-3H3. The lowest BCUT2D eigenvalue weighted by atomic mass is 9.98. The molecule has 0 aliphatic carbocycles. The van der Waals surface area contributed by atoms with E-state index in [0.29, 0.717) is 0 Å². The third-order valence-corrected chi connectivity index (χ3v) is 3.67. The predicted molar refractivity (Wildman–Crippen MR) is 77.3 cm³/mol. The Hall–Kier alpha value is -1.39. The van der Waals surface area contributed by atoms with Gasteiger partial charge in [0.1, 0.15) is 0 Å². The number of aromatic nitrogens is 3. The van der Waals surface area contributed by atoms with Crippen LogP contribution in [0.5, 0.6) is 0 Å². The summed E-state index contributed by atoms with van der Waals surface area (Å²) in [5, 5.41) is 12.3. The summed E-state index contributed by atoms with van der Waals surface area (Å²) in [6.07, 6.45) is 2.87. The first-order chi connectivity index (χ1) is 9.15. The number of hydrogen-bond acceptors (Lipinski definition) is 3. The van der Waals surface area contributed by atoms with Gasteiger partial charge in [-0.3, -0.25) is 4.68 Å². The number of halogens is 1. The van der Waals surface area contributed by atoms with Crippen LogP contribution in [0.15, 0.2) is 24.4 Å². The SMILES string of the molecule is CCCNC(c1cccc(Cl)c1C)c1cnnn1C. The molecule has 1 aromatic carbocycles. The summed E-state index contributed by atoms with van der Waals surface area (Å²) in [7, 11) is 1.91. The van der Waals surface area contributed by atoms with E-state index in [1.54, 1.807) is 10.9 Å². The zero-order valence-electron chi connectivity index (χ0n) is 11.5. The second-order valence-corrected chi connectivity index (χ2v) is 5.03. The second kappa shape index (κ2) is 6.17. The number of aryl methyl sites for hydroxylation is 1. The van der Waals surface area contributed by atoms with Crippen LogP contribution >= 0.6 is 11.6 Å². The molecule has 2 rings (SSSR count). The van der Waals surface area contributed by atoms with E-state index < -0.39 is 0 Å². The normalized spacial score (nSPS) is 12.6. The fraction of sp³-hybridized carbons (Fsp3) is 0.429. The van der Waals surface area contributed by atoms with Crippen LogP contribution in [0, 0.1) is 6.92 Å². The van der Waals surface area contributed by atoms with Crippen molar-refractivity contribution in [2.75, 3.05) is 6.54 Å². The van der Waals surface area contributed by atoms with Crippen molar-refractivity contribution in [1.82, 2.24) is 20.3 Å². The summed E-state index contributed by atoms with van der Waals surface area (Å²) in [6.45, 7) is 5.13. The summed E-state index contributed by atoms with van der Waals surface area (Å²) in [5.41, 5.74) is 3.31. The van der Waals surface area contributed by atoms with Gasteiger partial charge in [-0.25, -0.2) is 0 Å². The summed E-state index contributed by atoms with van der Waals surface area (Å²) in [6, 6.07) is 6.06. The highest BCUT2D eigenvalue weighted by Gasteiger charge is 2.19. The van der Waals surface area contributed by atoms with Gasteiger partial charge in [-0.15, -0.1) is 5.10 Å². The number of nitrogens with one attached hydrogen (secondary N) is 1. The maximum Gasteiger partial charge on any atom is 0.0798 e. The first-order valence-corrected chi connectivity index (χ1v) is 6.86. The Balaban J connectivity index is 2.43. The average molecular weight is 279 g/mol. The number of rotatable bonds is 5. The van der Waals surface area contributed by atoms with Gasteiger partial charge in [0.15, 0.2) is 0 Å². The van der Waals surface area contributed by atoms with Gasteiger partial charge in [0, 0.05) is 12.1 Å². The smallest absolute Gasteiger partial charge is 0.0798 e. The summed E-state index contributed by atoms with van der Waals surface area (Å²) >= 11 is 6.23. The monoisotopic (exact) mass is 278 g/mol. The van der Waals surface area contributed by atoms with Crippen molar-refractivity contribution < 1.29 is 0 Å². The van der Waals surface area contributed by atoms with Gasteiger partial charge in [0.25, 0.3) is 0 Å². The van der Waals surface area contributed by atoms with E-state index in [2.05, 4.69) is 28.6 Å². The van der Waals surface area contributed by atoms with Crippen LogP contribution in [0.4, 0.5) is 0 Å². The van der Waals surface area contributed by atoms with Gasteiger partial charge in [0.2, 0.25) is 0 Å². The van der Waals surface area contributed by atoms with Gasteiger partial charge in [-0.05, 0) is 37.1 Å². The molecule has 0 aliphatic heterocycles. The fourth-order valence-electron chi connectivity index (χ4n) is 2.16. The Morgan fingerprint density at radius 1 is 1.42 bits per heavy atom. The van der Waals surface area contributed by atoms with Crippen LogP contribution in [0.3, 0.4) is 0 Å². The van der Waals surface area contributed by atoms with Gasteiger partial charge in [-0.2, -0.15) is 0 Å². The molecule has 19 heavy (non-hydrogen) atoms. The Kier molecular flexibility index (Phi) is 4.56. The van der Waals surface area contributed by atoms with Crippen LogP contribution < -0.4 is 5.32 Å². The molecule has 102 valence electrons. The van der Waals surface area contributed by atoms with E-state index in [9.17, 15) is 0 Å². The highest BCUT2D eigenvalue weighted by atomic mass is 35.5. The van der Waals surface area contributed by atoms with Crippen molar-refractivity contribution in [2.45, 2.75) is 26.3 Å². The second-order valence-electron chi connectivity index (χ2n) is 4.62.